The number of phenols is 1. The summed E-state index contributed by atoms with van der Waals surface area (Å²) in [5.41, 5.74) is 1.33. The van der Waals surface area contributed by atoms with E-state index in [1.165, 1.54) is 5.56 Å². The van der Waals surface area contributed by atoms with Gasteiger partial charge in [0.25, 0.3) is 0 Å². The molecule has 0 unspecified atom stereocenters. The van der Waals surface area contributed by atoms with Gasteiger partial charge in [-0.15, -0.1) is 6.58 Å². The van der Waals surface area contributed by atoms with Crippen LogP contribution in [0.1, 0.15) is 5.56 Å². The molecular weight excluding hydrogens is 228 g/mol. The molecule has 2 rings (SSSR count). The highest BCUT2D eigenvalue weighted by Gasteiger charge is 1.82. The van der Waals surface area contributed by atoms with E-state index in [2.05, 4.69) is 18.7 Å². The molecule has 3 heteroatoms. The predicted octanol–water partition coefficient (Wildman–Crippen LogP) is 3.82. The molecule has 3 nitrogen and oxygen atoms in total. The molecular formula is C15H18O3. The van der Waals surface area contributed by atoms with E-state index in [1.807, 2.05) is 30.3 Å². The van der Waals surface area contributed by atoms with E-state index in [9.17, 15) is 0 Å². The van der Waals surface area contributed by atoms with Crippen LogP contribution in [-0.2, 0) is 6.42 Å². The molecule has 0 saturated carbocycles. The second-order valence-electron chi connectivity index (χ2n) is 3.31. The Kier molecular flexibility index (Phi) is 10.1. The summed E-state index contributed by atoms with van der Waals surface area (Å²) in [7, 11) is 0. The Bertz CT molecular complexity index is 399. The molecule has 3 N–H and O–H groups in total. The molecule has 0 fully saturated rings. The highest BCUT2D eigenvalue weighted by Crippen LogP contribution is 2.02. The number of aromatic hydroxyl groups is 1. The second-order valence-corrected chi connectivity index (χ2v) is 3.31. The van der Waals surface area contributed by atoms with Gasteiger partial charge in [0.2, 0.25) is 0 Å². The van der Waals surface area contributed by atoms with Crippen LogP contribution in [0.25, 0.3) is 0 Å². The van der Waals surface area contributed by atoms with Crippen molar-refractivity contribution in [3.63, 3.8) is 0 Å². The molecule has 0 spiro atoms. The Morgan fingerprint density at radius 1 is 0.833 bits per heavy atom. The summed E-state index contributed by atoms with van der Waals surface area (Å²) in [6, 6.07) is 19.0. The lowest BCUT2D eigenvalue weighted by molar-refractivity contribution is -0.176. The number of benzene rings is 2. The van der Waals surface area contributed by atoms with Gasteiger partial charge in [0, 0.05) is 0 Å². The molecule has 0 radical (unpaired) electrons. The van der Waals surface area contributed by atoms with Crippen molar-refractivity contribution in [3.05, 3.63) is 78.9 Å². The SMILES string of the molecule is C=CCc1ccccc1.OO.Oc1ccccc1. The Morgan fingerprint density at radius 3 is 1.61 bits per heavy atom. The van der Waals surface area contributed by atoms with Crippen molar-refractivity contribution in [2.45, 2.75) is 6.42 Å². The third-order valence-electron chi connectivity index (χ3n) is 1.98. The van der Waals surface area contributed by atoms with E-state index < -0.39 is 0 Å². The largest absolute Gasteiger partial charge is 0.508 e. The predicted molar refractivity (Wildman–Crippen MR) is 73.7 cm³/mol. The molecule has 0 atom stereocenters. The second kappa shape index (κ2) is 11.4. The first-order valence-electron chi connectivity index (χ1n) is 5.42. The highest BCUT2D eigenvalue weighted by atomic mass is 17.0. The third kappa shape index (κ3) is 8.10. The summed E-state index contributed by atoms with van der Waals surface area (Å²) < 4.78 is 0. The average molecular weight is 246 g/mol. The summed E-state index contributed by atoms with van der Waals surface area (Å²) in [5.74, 6) is 0.322. The molecule has 0 aliphatic rings. The lowest BCUT2D eigenvalue weighted by Gasteiger charge is -1.91. The number of para-hydroxylation sites is 1. The van der Waals surface area contributed by atoms with Gasteiger partial charge in [0.15, 0.2) is 0 Å². The Balaban J connectivity index is 0.000000289. The quantitative estimate of drug-likeness (QED) is 0.429. The maximum atomic E-state index is 8.63. The van der Waals surface area contributed by atoms with Crippen LogP contribution in [0, 0.1) is 0 Å². The Morgan fingerprint density at radius 2 is 1.28 bits per heavy atom. The molecule has 2 aromatic rings. The zero-order valence-electron chi connectivity index (χ0n) is 10.1. The summed E-state index contributed by atoms with van der Waals surface area (Å²) in [6.07, 6.45) is 2.89. The van der Waals surface area contributed by atoms with Gasteiger partial charge >= 0.3 is 0 Å². The first-order valence-corrected chi connectivity index (χ1v) is 5.42. The summed E-state index contributed by atoms with van der Waals surface area (Å²) >= 11 is 0. The first kappa shape index (κ1) is 15.9. The maximum absolute atomic E-state index is 8.63. The molecule has 0 heterocycles. The molecule has 18 heavy (non-hydrogen) atoms. The average Bonchev–Trinajstić information content (AvgIpc) is 2.44. The minimum absolute atomic E-state index is 0.322. The summed E-state index contributed by atoms with van der Waals surface area (Å²) in [5, 5.41) is 20.6. The van der Waals surface area contributed by atoms with Crippen molar-refractivity contribution in [1.29, 1.82) is 0 Å². The van der Waals surface area contributed by atoms with Gasteiger partial charge < -0.3 is 5.11 Å². The van der Waals surface area contributed by atoms with Gasteiger partial charge in [-0.1, -0.05) is 54.6 Å². The van der Waals surface area contributed by atoms with Crippen LogP contribution in [0.5, 0.6) is 5.75 Å². The standard InChI is InChI=1S/C9H10.C6H6O.H2O2/c1-2-6-9-7-4-3-5-8-9;7-6-4-2-1-3-5-6;1-2/h2-5,7-8H,1,6H2;1-5,7H;1-2H. The van der Waals surface area contributed by atoms with Crippen molar-refractivity contribution in [2.24, 2.45) is 0 Å². The van der Waals surface area contributed by atoms with E-state index in [1.54, 1.807) is 24.3 Å². The highest BCUT2D eigenvalue weighted by molar-refractivity contribution is 5.18. The number of hydrogen-bond donors (Lipinski definition) is 3. The molecule has 96 valence electrons. The first-order chi connectivity index (χ1) is 8.83. The zero-order chi connectivity index (χ0) is 13.6. The molecule has 2 aromatic carbocycles. The van der Waals surface area contributed by atoms with Crippen LogP contribution >= 0.6 is 0 Å². The number of hydrogen-bond acceptors (Lipinski definition) is 3. The fourth-order valence-corrected chi connectivity index (χ4v) is 1.21. The van der Waals surface area contributed by atoms with E-state index in [4.69, 9.17) is 15.6 Å². The van der Waals surface area contributed by atoms with Crippen molar-refractivity contribution in [3.8, 4) is 5.75 Å². The molecule has 0 aliphatic heterocycles. The van der Waals surface area contributed by atoms with Gasteiger partial charge in [-0.25, -0.2) is 0 Å². The van der Waals surface area contributed by atoms with Crippen LogP contribution in [-0.4, -0.2) is 15.6 Å². The number of allylic oxidation sites excluding steroid dienone is 1. The fourth-order valence-electron chi connectivity index (χ4n) is 1.21. The van der Waals surface area contributed by atoms with Crippen molar-refractivity contribution < 1.29 is 15.6 Å². The van der Waals surface area contributed by atoms with E-state index in [0.717, 1.165) is 6.42 Å². The van der Waals surface area contributed by atoms with Crippen LogP contribution in [0.3, 0.4) is 0 Å². The van der Waals surface area contributed by atoms with Gasteiger partial charge in [-0.05, 0) is 24.1 Å². The molecule has 0 saturated heterocycles. The fraction of sp³-hybridized carbons (Fsp3) is 0.0667. The van der Waals surface area contributed by atoms with E-state index >= 15 is 0 Å². The monoisotopic (exact) mass is 246 g/mol. The molecule has 0 aromatic heterocycles. The third-order valence-corrected chi connectivity index (χ3v) is 1.98. The molecule has 0 amide bonds. The van der Waals surface area contributed by atoms with Gasteiger partial charge in [-0.2, -0.15) is 0 Å². The normalized spacial score (nSPS) is 8.11. The lowest BCUT2D eigenvalue weighted by atomic mass is 10.2. The van der Waals surface area contributed by atoms with Crippen LogP contribution in [0.2, 0.25) is 0 Å². The minimum atomic E-state index is 0.322. The lowest BCUT2D eigenvalue weighted by Crippen LogP contribution is -1.75. The van der Waals surface area contributed by atoms with Gasteiger partial charge in [-0.3, -0.25) is 10.5 Å². The van der Waals surface area contributed by atoms with E-state index in [-0.39, 0.29) is 0 Å². The summed E-state index contributed by atoms with van der Waals surface area (Å²) in [4.78, 5) is 0. The van der Waals surface area contributed by atoms with E-state index in [0.29, 0.717) is 5.75 Å². The Hall–Kier alpha value is -2.10. The zero-order valence-corrected chi connectivity index (χ0v) is 10.1. The molecule has 0 bridgehead atoms. The summed E-state index contributed by atoms with van der Waals surface area (Å²) in [6.45, 7) is 3.66. The van der Waals surface area contributed by atoms with Crippen LogP contribution < -0.4 is 0 Å². The maximum Gasteiger partial charge on any atom is 0.115 e. The van der Waals surface area contributed by atoms with Crippen molar-refractivity contribution in [2.75, 3.05) is 0 Å². The Labute approximate surface area is 107 Å². The smallest absolute Gasteiger partial charge is 0.115 e. The van der Waals surface area contributed by atoms with Gasteiger partial charge in [0.1, 0.15) is 5.75 Å². The number of rotatable bonds is 2. The minimum Gasteiger partial charge on any atom is -0.508 e. The van der Waals surface area contributed by atoms with Crippen LogP contribution in [0.15, 0.2) is 73.3 Å². The van der Waals surface area contributed by atoms with Gasteiger partial charge in [0.05, 0.1) is 0 Å². The van der Waals surface area contributed by atoms with Crippen molar-refractivity contribution in [1.82, 2.24) is 0 Å². The molecule has 0 aliphatic carbocycles. The van der Waals surface area contributed by atoms with Crippen LogP contribution in [0.4, 0.5) is 0 Å². The number of phenolic OH excluding ortho intramolecular Hbond substituents is 1. The van der Waals surface area contributed by atoms with Crippen molar-refractivity contribution >= 4 is 0 Å². The topological polar surface area (TPSA) is 60.7 Å².